The van der Waals surface area contributed by atoms with Crippen molar-refractivity contribution in [1.82, 2.24) is 13.7 Å². The molecule has 2 heterocycles. The lowest BCUT2D eigenvalue weighted by Crippen LogP contribution is -2.12. The van der Waals surface area contributed by atoms with Crippen LogP contribution in [0.4, 0.5) is 5.69 Å². The summed E-state index contributed by atoms with van der Waals surface area (Å²) in [5.74, 6) is 0. The summed E-state index contributed by atoms with van der Waals surface area (Å²) in [7, 11) is 0. The van der Waals surface area contributed by atoms with Gasteiger partial charge in [0, 0.05) is 10.8 Å². The van der Waals surface area contributed by atoms with E-state index in [-0.39, 0.29) is 5.41 Å². The zero-order chi connectivity index (χ0) is 15.0. The average Bonchev–Trinajstić information content (AvgIpc) is 3.05. The number of nitrogens with zero attached hydrogens (tertiary/aromatic N) is 3. The largest absolute Gasteiger partial charge is 0.375 e. The maximum atomic E-state index is 6.26. The van der Waals surface area contributed by atoms with E-state index in [9.17, 15) is 0 Å². The van der Waals surface area contributed by atoms with Gasteiger partial charge in [-0.3, -0.25) is 0 Å². The Kier molecular flexibility index (Phi) is 3.86. The maximum Gasteiger partial charge on any atom is 0.129 e. The van der Waals surface area contributed by atoms with Crippen LogP contribution in [0, 0.1) is 0 Å². The summed E-state index contributed by atoms with van der Waals surface area (Å²) in [6, 6.07) is 3.73. The van der Waals surface area contributed by atoms with Crippen LogP contribution in [0.3, 0.4) is 0 Å². The molecule has 1 aromatic carbocycles. The number of rotatable bonds is 3. The third kappa shape index (κ3) is 3.02. The number of anilines is 1. The summed E-state index contributed by atoms with van der Waals surface area (Å²) in [6.07, 6.45) is 0. The molecule has 0 fully saturated rings. The van der Waals surface area contributed by atoms with Gasteiger partial charge in [0.05, 0.1) is 34.7 Å². The molecular weight excluding hydrogens is 324 g/mol. The van der Waals surface area contributed by atoms with E-state index in [1.54, 1.807) is 11.3 Å². The van der Waals surface area contributed by atoms with Gasteiger partial charge < -0.3 is 5.32 Å². The van der Waals surface area contributed by atoms with E-state index in [4.69, 9.17) is 11.6 Å². The molecule has 4 nitrogen and oxygen atoms in total. The summed E-state index contributed by atoms with van der Waals surface area (Å²) >= 11 is 9.11. The molecule has 0 aliphatic heterocycles. The molecule has 0 unspecified atom stereocenters. The molecule has 0 aliphatic carbocycles. The lowest BCUT2D eigenvalue weighted by Gasteiger charge is -2.14. The van der Waals surface area contributed by atoms with Gasteiger partial charge in [0.25, 0.3) is 0 Å². The SMILES string of the molecule is CC(C)(C)c1csc(CNc2c(Cl)ccc3nsnc23)n1. The topological polar surface area (TPSA) is 50.7 Å². The van der Waals surface area contributed by atoms with Crippen molar-refractivity contribution in [3.63, 3.8) is 0 Å². The quantitative estimate of drug-likeness (QED) is 0.751. The molecule has 1 N–H and O–H groups in total. The van der Waals surface area contributed by atoms with Crippen LogP contribution < -0.4 is 5.32 Å². The molecule has 7 heteroatoms. The Morgan fingerprint density at radius 3 is 2.76 bits per heavy atom. The van der Waals surface area contributed by atoms with E-state index in [0.717, 1.165) is 27.4 Å². The number of thiazole rings is 1. The molecule has 110 valence electrons. The zero-order valence-corrected chi connectivity index (χ0v) is 14.4. The first kappa shape index (κ1) is 14.7. The zero-order valence-electron chi connectivity index (χ0n) is 12.0. The molecule has 3 rings (SSSR count). The predicted octanol–water partition coefficient (Wildman–Crippen LogP) is 4.71. The molecule has 0 saturated heterocycles. The third-order valence-electron chi connectivity index (χ3n) is 3.11. The molecule has 0 bridgehead atoms. The lowest BCUT2D eigenvalue weighted by molar-refractivity contribution is 0.571. The molecular formula is C14H15ClN4S2. The molecule has 2 aromatic heterocycles. The number of hydrogen-bond donors (Lipinski definition) is 1. The molecule has 0 radical (unpaired) electrons. The molecule has 0 aliphatic rings. The summed E-state index contributed by atoms with van der Waals surface area (Å²) in [5.41, 5.74) is 3.70. The monoisotopic (exact) mass is 338 g/mol. The van der Waals surface area contributed by atoms with Crippen LogP contribution >= 0.6 is 34.7 Å². The molecule has 21 heavy (non-hydrogen) atoms. The summed E-state index contributed by atoms with van der Waals surface area (Å²) in [6.45, 7) is 7.13. The summed E-state index contributed by atoms with van der Waals surface area (Å²) in [4.78, 5) is 4.67. The third-order valence-corrected chi connectivity index (χ3v) is 4.82. The minimum absolute atomic E-state index is 0.0746. The number of nitrogens with one attached hydrogen (secondary N) is 1. The average molecular weight is 339 g/mol. The van der Waals surface area contributed by atoms with E-state index in [0.29, 0.717) is 11.6 Å². The predicted molar refractivity (Wildman–Crippen MR) is 90.6 cm³/mol. The number of benzene rings is 1. The van der Waals surface area contributed by atoms with E-state index in [1.807, 2.05) is 12.1 Å². The first-order valence-electron chi connectivity index (χ1n) is 6.54. The maximum absolute atomic E-state index is 6.26. The standard InChI is InChI=1S/C14H15ClN4S2/c1-14(2,3)10-7-20-11(17-10)6-16-12-8(15)4-5-9-13(12)19-21-18-9/h4-5,7,16H,6H2,1-3H3. The van der Waals surface area contributed by atoms with Gasteiger partial charge in [-0.25, -0.2) is 4.98 Å². The summed E-state index contributed by atoms with van der Waals surface area (Å²) < 4.78 is 8.53. The Balaban J connectivity index is 1.82. The number of halogens is 1. The second-order valence-electron chi connectivity index (χ2n) is 5.78. The second kappa shape index (κ2) is 5.51. The van der Waals surface area contributed by atoms with E-state index in [2.05, 4.69) is 45.2 Å². The Morgan fingerprint density at radius 2 is 2.05 bits per heavy atom. The highest BCUT2D eigenvalue weighted by Gasteiger charge is 2.17. The highest BCUT2D eigenvalue weighted by Crippen LogP contribution is 2.31. The lowest BCUT2D eigenvalue weighted by atomic mass is 9.93. The van der Waals surface area contributed by atoms with Crippen molar-refractivity contribution in [2.75, 3.05) is 5.32 Å². The van der Waals surface area contributed by atoms with Gasteiger partial charge in [-0.05, 0) is 12.1 Å². The van der Waals surface area contributed by atoms with E-state index < -0.39 is 0 Å². The van der Waals surface area contributed by atoms with Gasteiger partial charge in [-0.1, -0.05) is 32.4 Å². The first-order chi connectivity index (χ1) is 9.95. The Morgan fingerprint density at radius 1 is 1.24 bits per heavy atom. The molecule has 3 aromatic rings. The number of aromatic nitrogens is 3. The van der Waals surface area contributed by atoms with Crippen LogP contribution in [0.1, 0.15) is 31.5 Å². The van der Waals surface area contributed by atoms with Crippen molar-refractivity contribution in [2.24, 2.45) is 0 Å². The van der Waals surface area contributed by atoms with Gasteiger partial charge in [-0.2, -0.15) is 8.75 Å². The van der Waals surface area contributed by atoms with Crippen LogP contribution in [0.15, 0.2) is 17.5 Å². The van der Waals surface area contributed by atoms with E-state index >= 15 is 0 Å². The fourth-order valence-corrected chi connectivity index (χ4v) is 3.62. The summed E-state index contributed by atoms with van der Waals surface area (Å²) in [5, 5.41) is 7.15. The fraction of sp³-hybridized carbons (Fsp3) is 0.357. The number of hydrogen-bond acceptors (Lipinski definition) is 6. The number of fused-ring (bicyclic) bond motifs is 1. The van der Waals surface area contributed by atoms with Gasteiger partial charge >= 0.3 is 0 Å². The minimum Gasteiger partial charge on any atom is -0.375 e. The van der Waals surface area contributed by atoms with Crippen molar-refractivity contribution in [2.45, 2.75) is 32.7 Å². The molecule has 0 saturated carbocycles. The van der Waals surface area contributed by atoms with Crippen molar-refractivity contribution < 1.29 is 0 Å². The van der Waals surface area contributed by atoms with Crippen molar-refractivity contribution >= 4 is 51.4 Å². The molecule has 0 spiro atoms. The highest BCUT2D eigenvalue weighted by atomic mass is 35.5. The Bertz CT molecular complexity index is 773. The van der Waals surface area contributed by atoms with Crippen molar-refractivity contribution in [3.8, 4) is 0 Å². The molecule has 0 amide bonds. The van der Waals surface area contributed by atoms with Crippen LogP contribution in [0.5, 0.6) is 0 Å². The van der Waals surface area contributed by atoms with Gasteiger partial charge in [0.15, 0.2) is 0 Å². The van der Waals surface area contributed by atoms with Gasteiger partial charge in [0.1, 0.15) is 16.0 Å². The van der Waals surface area contributed by atoms with Crippen LogP contribution in [0.2, 0.25) is 5.02 Å². The Hall–Kier alpha value is -1.24. The van der Waals surface area contributed by atoms with Crippen LogP contribution in [-0.4, -0.2) is 13.7 Å². The van der Waals surface area contributed by atoms with Crippen molar-refractivity contribution in [1.29, 1.82) is 0 Å². The van der Waals surface area contributed by atoms with Gasteiger partial charge in [0.2, 0.25) is 0 Å². The first-order valence-corrected chi connectivity index (χ1v) is 8.53. The smallest absolute Gasteiger partial charge is 0.129 e. The Labute approximate surface area is 136 Å². The minimum atomic E-state index is 0.0746. The van der Waals surface area contributed by atoms with Crippen molar-refractivity contribution in [3.05, 3.63) is 33.2 Å². The van der Waals surface area contributed by atoms with Crippen LogP contribution in [-0.2, 0) is 12.0 Å². The van der Waals surface area contributed by atoms with Gasteiger partial charge in [-0.15, -0.1) is 11.3 Å². The highest BCUT2D eigenvalue weighted by molar-refractivity contribution is 7.09. The fourth-order valence-electron chi connectivity index (χ4n) is 1.90. The van der Waals surface area contributed by atoms with Crippen LogP contribution in [0.25, 0.3) is 11.0 Å². The normalized spacial score (nSPS) is 12.0. The molecule has 0 atom stereocenters. The van der Waals surface area contributed by atoms with E-state index in [1.165, 1.54) is 11.7 Å². The second-order valence-corrected chi connectivity index (χ2v) is 7.66.